The van der Waals surface area contributed by atoms with Crippen LogP contribution in [0.3, 0.4) is 0 Å². The third kappa shape index (κ3) is 3.04. The van der Waals surface area contributed by atoms with Crippen LogP contribution >= 0.6 is 0 Å². The SMILES string of the molecule is Cc1oc2ncc(CN3CCC34COC4)cc2c1/N=C(\N)C1=CC=Cc2[nH]ccc2C1. The zero-order chi connectivity index (χ0) is 21.0. The first-order valence-electron chi connectivity index (χ1n) is 10.7. The number of furan rings is 1. The first kappa shape index (κ1) is 18.6. The predicted molar refractivity (Wildman–Crippen MR) is 120 cm³/mol. The predicted octanol–water partition coefficient (Wildman–Crippen LogP) is 3.62. The summed E-state index contributed by atoms with van der Waals surface area (Å²) in [4.78, 5) is 15.1. The number of nitrogens with two attached hydrogens (primary N) is 1. The van der Waals surface area contributed by atoms with Crippen LogP contribution < -0.4 is 5.73 Å². The van der Waals surface area contributed by atoms with Crippen molar-refractivity contribution in [3.63, 3.8) is 0 Å². The fourth-order valence-electron chi connectivity index (χ4n) is 4.69. The Kier molecular flexibility index (Phi) is 4.16. The molecule has 0 saturated carbocycles. The van der Waals surface area contributed by atoms with Crippen LogP contribution in [-0.4, -0.2) is 46.0 Å². The monoisotopic (exact) mass is 415 g/mol. The number of aryl methyl sites for hydroxylation is 1. The van der Waals surface area contributed by atoms with Gasteiger partial charge < -0.3 is 19.9 Å². The lowest BCUT2D eigenvalue weighted by Crippen LogP contribution is -2.70. The highest BCUT2D eigenvalue weighted by atomic mass is 16.5. The van der Waals surface area contributed by atoms with Crippen LogP contribution in [0, 0.1) is 6.92 Å². The van der Waals surface area contributed by atoms with Crippen molar-refractivity contribution in [1.29, 1.82) is 0 Å². The third-order valence-corrected chi connectivity index (χ3v) is 6.75. The molecule has 0 aromatic carbocycles. The van der Waals surface area contributed by atoms with E-state index in [0.29, 0.717) is 11.5 Å². The molecule has 0 radical (unpaired) electrons. The summed E-state index contributed by atoms with van der Waals surface area (Å²) in [7, 11) is 0. The number of aromatic amines is 1. The Balaban J connectivity index is 1.31. The largest absolute Gasteiger partial charge is 0.441 e. The number of ether oxygens (including phenoxy) is 1. The lowest BCUT2D eigenvalue weighted by molar-refractivity contribution is -0.195. The van der Waals surface area contributed by atoms with E-state index >= 15 is 0 Å². The number of aromatic nitrogens is 2. The number of H-pyrrole nitrogens is 1. The second-order valence-electron chi connectivity index (χ2n) is 8.73. The number of amidine groups is 1. The van der Waals surface area contributed by atoms with E-state index in [9.17, 15) is 0 Å². The number of rotatable bonds is 4. The van der Waals surface area contributed by atoms with Crippen molar-refractivity contribution in [2.24, 2.45) is 10.7 Å². The van der Waals surface area contributed by atoms with Gasteiger partial charge in [-0.1, -0.05) is 12.2 Å². The van der Waals surface area contributed by atoms with Crippen LogP contribution in [0.15, 0.2) is 51.7 Å². The maximum absolute atomic E-state index is 6.46. The summed E-state index contributed by atoms with van der Waals surface area (Å²) in [6.07, 6.45) is 11.9. The molecule has 1 spiro atoms. The molecule has 5 heterocycles. The molecule has 0 amide bonds. The van der Waals surface area contributed by atoms with E-state index in [4.69, 9.17) is 19.9 Å². The summed E-state index contributed by atoms with van der Waals surface area (Å²) >= 11 is 0. The molecule has 3 aromatic heterocycles. The molecule has 7 nitrogen and oxygen atoms in total. The Morgan fingerprint density at radius 2 is 2.29 bits per heavy atom. The lowest BCUT2D eigenvalue weighted by Gasteiger charge is -2.57. The molecule has 2 saturated heterocycles. The molecule has 158 valence electrons. The van der Waals surface area contributed by atoms with Gasteiger partial charge in [0.15, 0.2) is 0 Å². The van der Waals surface area contributed by atoms with E-state index in [1.165, 1.54) is 12.0 Å². The van der Waals surface area contributed by atoms with Crippen molar-refractivity contribution in [3.8, 4) is 0 Å². The Bertz CT molecular complexity index is 1250. The molecule has 31 heavy (non-hydrogen) atoms. The van der Waals surface area contributed by atoms with Crippen molar-refractivity contribution in [3.05, 3.63) is 64.8 Å². The average Bonchev–Trinajstić information content (AvgIpc) is 3.20. The highest BCUT2D eigenvalue weighted by molar-refractivity contribution is 6.02. The highest BCUT2D eigenvalue weighted by Crippen LogP contribution is 2.39. The van der Waals surface area contributed by atoms with Crippen molar-refractivity contribution >= 4 is 28.7 Å². The van der Waals surface area contributed by atoms with Gasteiger partial charge >= 0.3 is 0 Å². The van der Waals surface area contributed by atoms with Gasteiger partial charge in [-0.2, -0.15) is 0 Å². The molecule has 2 aliphatic heterocycles. The minimum atomic E-state index is 0.253. The van der Waals surface area contributed by atoms with E-state index in [1.807, 2.05) is 31.5 Å². The fourth-order valence-corrected chi connectivity index (χ4v) is 4.69. The molecule has 7 heteroatoms. The van der Waals surface area contributed by atoms with Gasteiger partial charge in [0.25, 0.3) is 0 Å². The van der Waals surface area contributed by atoms with Crippen molar-refractivity contribution in [2.45, 2.75) is 31.8 Å². The summed E-state index contributed by atoms with van der Waals surface area (Å²) in [6.45, 7) is 5.56. The van der Waals surface area contributed by atoms with Gasteiger partial charge in [0.2, 0.25) is 5.71 Å². The van der Waals surface area contributed by atoms with Crippen LogP contribution in [0.25, 0.3) is 17.2 Å². The van der Waals surface area contributed by atoms with Crippen LogP contribution in [-0.2, 0) is 17.7 Å². The standard InChI is InChI=1S/C24H25N5O2/c1-15-21(28-22(25)18-3-2-4-20-17(10-18)5-7-26-20)19-9-16(11-27-23(19)31-15)12-29-8-6-24(29)13-30-14-24/h2-5,7,9,11,26H,6,8,10,12-14H2,1H3,(H2,25,28). The lowest BCUT2D eigenvalue weighted by atomic mass is 9.82. The second-order valence-corrected chi connectivity index (χ2v) is 8.73. The van der Waals surface area contributed by atoms with E-state index in [0.717, 1.165) is 66.4 Å². The second kappa shape index (κ2) is 6.93. The summed E-state index contributed by atoms with van der Waals surface area (Å²) in [5, 5.41) is 0.907. The molecular formula is C24H25N5O2. The molecule has 3 aromatic rings. The van der Waals surface area contributed by atoms with Crippen molar-refractivity contribution in [2.75, 3.05) is 19.8 Å². The van der Waals surface area contributed by atoms with E-state index in [2.05, 4.69) is 33.1 Å². The van der Waals surface area contributed by atoms with Crippen molar-refractivity contribution < 1.29 is 9.15 Å². The van der Waals surface area contributed by atoms with E-state index < -0.39 is 0 Å². The minimum Gasteiger partial charge on any atom is -0.441 e. The van der Waals surface area contributed by atoms with Crippen LogP contribution in [0.2, 0.25) is 0 Å². The molecule has 0 bridgehead atoms. The van der Waals surface area contributed by atoms with Gasteiger partial charge in [-0.05, 0) is 48.3 Å². The zero-order valence-electron chi connectivity index (χ0n) is 17.5. The molecular weight excluding hydrogens is 390 g/mol. The molecule has 0 unspecified atom stereocenters. The summed E-state index contributed by atoms with van der Waals surface area (Å²) in [5.74, 6) is 1.23. The van der Waals surface area contributed by atoms with E-state index in [1.54, 1.807) is 0 Å². The molecule has 1 aliphatic carbocycles. The molecule has 0 atom stereocenters. The number of likely N-dealkylation sites (tertiary alicyclic amines) is 1. The van der Waals surface area contributed by atoms with Crippen molar-refractivity contribution in [1.82, 2.24) is 14.9 Å². The average molecular weight is 415 g/mol. The molecule has 2 fully saturated rings. The normalized spacial score (nSPS) is 20.3. The molecule has 3 N–H and O–H groups in total. The Morgan fingerprint density at radius 3 is 3.06 bits per heavy atom. The fraction of sp³-hybridized carbons (Fsp3) is 0.333. The van der Waals surface area contributed by atoms with Crippen LogP contribution in [0.4, 0.5) is 5.69 Å². The van der Waals surface area contributed by atoms with Gasteiger partial charge in [0, 0.05) is 37.6 Å². The van der Waals surface area contributed by atoms with E-state index in [-0.39, 0.29) is 5.54 Å². The third-order valence-electron chi connectivity index (χ3n) is 6.75. The number of pyridine rings is 1. The maximum Gasteiger partial charge on any atom is 0.228 e. The number of hydrogen-bond acceptors (Lipinski definition) is 5. The first-order valence-corrected chi connectivity index (χ1v) is 10.7. The number of hydrogen-bond donors (Lipinski definition) is 2. The summed E-state index contributed by atoms with van der Waals surface area (Å²) in [6, 6.07) is 4.22. The minimum absolute atomic E-state index is 0.253. The number of nitrogens with one attached hydrogen (secondary N) is 1. The Labute approximate surface area is 180 Å². The number of nitrogens with zero attached hydrogens (tertiary/aromatic N) is 3. The van der Waals surface area contributed by atoms with Gasteiger partial charge in [-0.25, -0.2) is 9.98 Å². The summed E-state index contributed by atoms with van der Waals surface area (Å²) in [5.41, 5.74) is 12.5. The van der Waals surface area contributed by atoms with Gasteiger partial charge in [-0.3, -0.25) is 4.90 Å². The molecule has 3 aliphatic rings. The smallest absolute Gasteiger partial charge is 0.228 e. The Morgan fingerprint density at radius 1 is 1.39 bits per heavy atom. The number of aliphatic imine (C=N–C) groups is 1. The number of allylic oxidation sites excluding steroid dienone is 2. The van der Waals surface area contributed by atoms with Crippen LogP contribution in [0.5, 0.6) is 0 Å². The van der Waals surface area contributed by atoms with Gasteiger partial charge in [-0.15, -0.1) is 0 Å². The van der Waals surface area contributed by atoms with Gasteiger partial charge in [0.1, 0.15) is 17.3 Å². The Hall–Kier alpha value is -3.16. The van der Waals surface area contributed by atoms with Crippen LogP contribution in [0.1, 0.15) is 29.0 Å². The summed E-state index contributed by atoms with van der Waals surface area (Å²) < 4.78 is 11.3. The zero-order valence-corrected chi connectivity index (χ0v) is 17.5. The van der Waals surface area contributed by atoms with Gasteiger partial charge in [0.05, 0.1) is 24.1 Å². The molecule has 6 rings (SSSR count). The number of fused-ring (bicyclic) bond motifs is 2. The maximum atomic E-state index is 6.46. The topological polar surface area (TPSA) is 92.7 Å². The quantitative estimate of drug-likeness (QED) is 0.501. The first-order chi connectivity index (χ1) is 15.1. The highest BCUT2D eigenvalue weighted by Gasteiger charge is 2.50.